The fraction of sp³-hybridized carbons (Fsp3) is 0.467. The summed E-state index contributed by atoms with van der Waals surface area (Å²) in [5.74, 6) is 1.93. The number of rotatable bonds is 6. The predicted molar refractivity (Wildman–Crippen MR) is 76.5 cm³/mol. The molecule has 5 heteroatoms. The Morgan fingerprint density at radius 3 is 2.80 bits per heavy atom. The van der Waals surface area contributed by atoms with Crippen molar-refractivity contribution in [3.05, 3.63) is 41.0 Å². The summed E-state index contributed by atoms with van der Waals surface area (Å²) in [4.78, 5) is 4.12. The van der Waals surface area contributed by atoms with Crippen molar-refractivity contribution < 1.29 is 9.26 Å². The minimum Gasteiger partial charge on any atom is -0.485 e. The molecule has 1 heterocycles. The Hall–Kier alpha value is -1.88. The number of hydrogen-bond acceptors (Lipinski definition) is 5. The van der Waals surface area contributed by atoms with Crippen LogP contribution >= 0.6 is 0 Å². The van der Waals surface area contributed by atoms with Gasteiger partial charge in [0.15, 0.2) is 6.61 Å². The van der Waals surface area contributed by atoms with Crippen LogP contribution in [0.1, 0.15) is 36.2 Å². The van der Waals surface area contributed by atoms with Crippen molar-refractivity contribution in [3.8, 4) is 5.75 Å². The molecular weight excluding hydrogens is 254 g/mol. The smallest absolute Gasteiger partial charge is 0.223 e. The lowest BCUT2D eigenvalue weighted by Crippen LogP contribution is -2.21. The first-order valence-corrected chi connectivity index (χ1v) is 6.85. The van der Waals surface area contributed by atoms with Gasteiger partial charge < -0.3 is 15.0 Å². The van der Waals surface area contributed by atoms with Crippen LogP contribution in [-0.4, -0.2) is 16.2 Å². The monoisotopic (exact) mass is 275 g/mol. The second kappa shape index (κ2) is 6.52. The van der Waals surface area contributed by atoms with Gasteiger partial charge in [-0.25, -0.2) is 0 Å². The second-order valence-electron chi connectivity index (χ2n) is 5.00. The van der Waals surface area contributed by atoms with E-state index in [-0.39, 0.29) is 6.04 Å². The molecule has 20 heavy (non-hydrogen) atoms. The van der Waals surface area contributed by atoms with Crippen LogP contribution in [0.4, 0.5) is 0 Å². The summed E-state index contributed by atoms with van der Waals surface area (Å²) < 4.78 is 10.7. The summed E-state index contributed by atoms with van der Waals surface area (Å²) >= 11 is 0. The number of aryl methyl sites for hydroxylation is 2. The zero-order valence-electron chi connectivity index (χ0n) is 12.2. The van der Waals surface area contributed by atoms with E-state index in [2.05, 4.69) is 30.1 Å². The van der Waals surface area contributed by atoms with Crippen LogP contribution < -0.4 is 10.5 Å². The molecule has 0 fully saturated rings. The van der Waals surface area contributed by atoms with Crippen LogP contribution in [0, 0.1) is 13.8 Å². The Labute approximate surface area is 119 Å². The van der Waals surface area contributed by atoms with E-state index in [1.54, 1.807) is 6.92 Å². The van der Waals surface area contributed by atoms with Crippen molar-refractivity contribution in [2.75, 3.05) is 0 Å². The lowest BCUT2D eigenvalue weighted by atomic mass is 10.0. The molecule has 108 valence electrons. The Bertz CT molecular complexity index is 566. The van der Waals surface area contributed by atoms with Gasteiger partial charge in [-0.1, -0.05) is 29.8 Å². The number of nitrogens with two attached hydrogens (primary N) is 1. The first-order chi connectivity index (χ1) is 9.58. The summed E-state index contributed by atoms with van der Waals surface area (Å²) in [5.41, 5.74) is 8.36. The molecule has 1 unspecified atom stereocenters. The van der Waals surface area contributed by atoms with Crippen LogP contribution in [0.5, 0.6) is 5.75 Å². The van der Waals surface area contributed by atoms with Crippen molar-refractivity contribution in [1.29, 1.82) is 0 Å². The van der Waals surface area contributed by atoms with Gasteiger partial charge in [-0.05, 0) is 31.4 Å². The molecule has 2 N–H and O–H groups in total. The van der Waals surface area contributed by atoms with Gasteiger partial charge in [0.05, 0.1) is 0 Å². The Kier molecular flexibility index (Phi) is 4.74. The van der Waals surface area contributed by atoms with Crippen LogP contribution in [0.3, 0.4) is 0 Å². The third-order valence-electron chi connectivity index (χ3n) is 3.15. The average molecular weight is 275 g/mol. The topological polar surface area (TPSA) is 74.2 Å². The third-order valence-corrected chi connectivity index (χ3v) is 3.15. The molecule has 0 aliphatic rings. The molecule has 1 aromatic carbocycles. The molecule has 0 amide bonds. The highest BCUT2D eigenvalue weighted by molar-refractivity contribution is 5.37. The Morgan fingerprint density at radius 2 is 2.15 bits per heavy atom. The fourth-order valence-electron chi connectivity index (χ4n) is 1.98. The molecule has 0 aliphatic carbocycles. The van der Waals surface area contributed by atoms with Gasteiger partial charge in [0, 0.05) is 13.0 Å². The largest absolute Gasteiger partial charge is 0.485 e. The van der Waals surface area contributed by atoms with Gasteiger partial charge in [-0.3, -0.25) is 0 Å². The molecule has 0 spiro atoms. The number of ether oxygens (including phenoxy) is 1. The van der Waals surface area contributed by atoms with Gasteiger partial charge in [-0.15, -0.1) is 0 Å². The molecule has 2 aromatic rings. The molecule has 0 bridgehead atoms. The summed E-state index contributed by atoms with van der Waals surface area (Å²) in [6.07, 6.45) is 1.75. The lowest BCUT2D eigenvalue weighted by molar-refractivity contribution is 0.282. The first kappa shape index (κ1) is 14.5. The zero-order valence-corrected chi connectivity index (χ0v) is 12.2. The minimum atomic E-state index is 0.145. The number of nitrogens with zero attached hydrogens (tertiary/aromatic N) is 2. The van der Waals surface area contributed by atoms with Crippen molar-refractivity contribution in [3.63, 3.8) is 0 Å². The molecular formula is C15H21N3O2. The maximum atomic E-state index is 6.04. The minimum absolute atomic E-state index is 0.145. The van der Waals surface area contributed by atoms with Gasteiger partial charge in [-0.2, -0.15) is 4.98 Å². The fourth-order valence-corrected chi connectivity index (χ4v) is 1.98. The molecule has 0 radical (unpaired) electrons. The van der Waals surface area contributed by atoms with Crippen LogP contribution in [0.2, 0.25) is 0 Å². The summed E-state index contributed by atoms with van der Waals surface area (Å²) in [6, 6.07) is 6.26. The van der Waals surface area contributed by atoms with Crippen molar-refractivity contribution >= 4 is 0 Å². The highest BCUT2D eigenvalue weighted by Gasteiger charge is 2.10. The maximum absolute atomic E-state index is 6.04. The highest BCUT2D eigenvalue weighted by atomic mass is 16.5. The second-order valence-corrected chi connectivity index (χ2v) is 5.00. The molecule has 0 aliphatic heterocycles. The van der Waals surface area contributed by atoms with E-state index in [9.17, 15) is 0 Å². The van der Waals surface area contributed by atoms with Crippen molar-refractivity contribution in [2.45, 2.75) is 46.3 Å². The molecule has 0 saturated heterocycles. The Balaban J connectivity index is 2.09. The van der Waals surface area contributed by atoms with Crippen molar-refractivity contribution in [1.82, 2.24) is 10.1 Å². The maximum Gasteiger partial charge on any atom is 0.223 e. The molecule has 1 aromatic heterocycles. The standard InChI is InChI=1S/C15H21N3O2/c1-4-13(16)8-12-7-10(2)5-6-14(12)19-9-15-17-11(3)20-18-15/h5-7,13H,4,8-9,16H2,1-3H3. The van der Waals surface area contributed by atoms with Crippen molar-refractivity contribution in [2.24, 2.45) is 5.73 Å². The van der Waals surface area contributed by atoms with E-state index in [1.807, 2.05) is 12.1 Å². The van der Waals surface area contributed by atoms with E-state index >= 15 is 0 Å². The Morgan fingerprint density at radius 1 is 1.35 bits per heavy atom. The van der Waals surface area contributed by atoms with Crippen LogP contribution in [0.15, 0.2) is 22.7 Å². The molecule has 1 atom stereocenters. The normalized spacial score (nSPS) is 12.4. The zero-order chi connectivity index (χ0) is 14.5. The van der Waals surface area contributed by atoms with E-state index in [0.29, 0.717) is 18.3 Å². The van der Waals surface area contributed by atoms with E-state index in [1.165, 1.54) is 5.56 Å². The van der Waals surface area contributed by atoms with Gasteiger partial charge >= 0.3 is 0 Å². The molecule has 5 nitrogen and oxygen atoms in total. The first-order valence-electron chi connectivity index (χ1n) is 6.85. The van der Waals surface area contributed by atoms with Crippen LogP contribution in [0.25, 0.3) is 0 Å². The molecule has 2 rings (SSSR count). The van der Waals surface area contributed by atoms with E-state index < -0.39 is 0 Å². The summed E-state index contributed by atoms with van der Waals surface area (Å²) in [7, 11) is 0. The third kappa shape index (κ3) is 3.81. The number of benzene rings is 1. The van der Waals surface area contributed by atoms with Gasteiger partial charge in [0.2, 0.25) is 11.7 Å². The quantitative estimate of drug-likeness (QED) is 0.877. The van der Waals surface area contributed by atoms with E-state index in [4.69, 9.17) is 15.0 Å². The van der Waals surface area contributed by atoms with Gasteiger partial charge in [0.1, 0.15) is 5.75 Å². The van der Waals surface area contributed by atoms with Crippen LogP contribution in [-0.2, 0) is 13.0 Å². The summed E-state index contributed by atoms with van der Waals surface area (Å²) in [6.45, 7) is 6.21. The summed E-state index contributed by atoms with van der Waals surface area (Å²) in [5, 5.41) is 3.82. The predicted octanol–water partition coefficient (Wildman–Crippen LogP) is 2.55. The number of hydrogen-bond donors (Lipinski definition) is 1. The average Bonchev–Trinajstić information content (AvgIpc) is 2.83. The lowest BCUT2D eigenvalue weighted by Gasteiger charge is -2.14. The SMILES string of the molecule is CCC(N)Cc1cc(C)ccc1OCc1noc(C)n1. The highest BCUT2D eigenvalue weighted by Crippen LogP contribution is 2.22. The number of aromatic nitrogens is 2. The van der Waals surface area contributed by atoms with Gasteiger partial charge in [0.25, 0.3) is 0 Å². The van der Waals surface area contributed by atoms with E-state index in [0.717, 1.165) is 24.2 Å². The molecule has 0 saturated carbocycles.